The smallest absolute Gasteiger partial charge is 0.248 e. The predicted molar refractivity (Wildman–Crippen MR) is 66.8 cm³/mol. The van der Waals surface area contributed by atoms with Crippen LogP contribution >= 0.6 is 0 Å². The highest BCUT2D eigenvalue weighted by molar-refractivity contribution is 7.89. The first kappa shape index (κ1) is 12.3. The van der Waals surface area contributed by atoms with E-state index in [9.17, 15) is 8.42 Å². The van der Waals surface area contributed by atoms with Gasteiger partial charge in [0.2, 0.25) is 21.9 Å². The minimum atomic E-state index is -3.42. The molecule has 0 saturated heterocycles. The number of nitrogens with one attached hydrogen (secondary N) is 3. The quantitative estimate of drug-likeness (QED) is 0.620. The number of aromatic amines is 1. The second-order valence-electron chi connectivity index (χ2n) is 3.40. The average molecular weight is 268 g/mol. The molecular formula is C9H12N6O2S. The Morgan fingerprint density at radius 2 is 1.94 bits per heavy atom. The summed E-state index contributed by atoms with van der Waals surface area (Å²) >= 11 is 0. The zero-order chi connectivity index (χ0) is 13.2. The number of rotatable bonds is 4. The fourth-order valence-corrected chi connectivity index (χ4v) is 2.02. The molecule has 2 aromatic rings. The van der Waals surface area contributed by atoms with Crippen molar-refractivity contribution in [3.63, 3.8) is 0 Å². The summed E-state index contributed by atoms with van der Waals surface area (Å²) in [5.41, 5.74) is 6.03. The van der Waals surface area contributed by atoms with Crippen LogP contribution in [0.25, 0.3) is 0 Å². The topological polar surface area (TPSA) is 126 Å². The molecule has 2 rings (SSSR count). The number of hydrogen-bond donors (Lipinski definition) is 4. The molecule has 0 fully saturated rings. The van der Waals surface area contributed by atoms with E-state index in [-0.39, 0.29) is 10.8 Å². The van der Waals surface area contributed by atoms with Gasteiger partial charge in [-0.15, -0.1) is 5.10 Å². The van der Waals surface area contributed by atoms with Crippen molar-refractivity contribution in [2.24, 2.45) is 0 Å². The highest BCUT2D eigenvalue weighted by atomic mass is 32.2. The normalized spacial score (nSPS) is 11.4. The fraction of sp³-hybridized carbons (Fsp3) is 0.111. The van der Waals surface area contributed by atoms with Crippen LogP contribution in [0.5, 0.6) is 0 Å². The first-order valence-corrected chi connectivity index (χ1v) is 6.48. The molecule has 0 radical (unpaired) electrons. The third kappa shape index (κ3) is 2.57. The Bertz CT molecular complexity index is 633. The molecule has 0 atom stereocenters. The van der Waals surface area contributed by atoms with Gasteiger partial charge >= 0.3 is 0 Å². The second-order valence-corrected chi connectivity index (χ2v) is 5.29. The monoisotopic (exact) mass is 268 g/mol. The molecule has 0 unspecified atom stereocenters. The van der Waals surface area contributed by atoms with Crippen molar-refractivity contribution < 1.29 is 8.42 Å². The van der Waals surface area contributed by atoms with E-state index < -0.39 is 10.0 Å². The van der Waals surface area contributed by atoms with Crippen molar-refractivity contribution in [3.8, 4) is 0 Å². The van der Waals surface area contributed by atoms with Gasteiger partial charge in [-0.25, -0.2) is 18.2 Å². The van der Waals surface area contributed by atoms with Gasteiger partial charge in [0, 0.05) is 5.69 Å². The SMILES string of the molecule is CNS(=O)(=O)c1ccc(Nc2n[nH]c(N)n2)cc1. The predicted octanol–water partition coefficient (Wildman–Crippen LogP) is 0.0386. The van der Waals surface area contributed by atoms with Crippen molar-refractivity contribution in [2.75, 3.05) is 18.1 Å². The van der Waals surface area contributed by atoms with Crippen molar-refractivity contribution in [2.45, 2.75) is 4.90 Å². The molecule has 1 aromatic heterocycles. The number of nitrogens with two attached hydrogens (primary N) is 1. The summed E-state index contributed by atoms with van der Waals surface area (Å²) in [6.07, 6.45) is 0. The van der Waals surface area contributed by atoms with Crippen LogP contribution in [0.2, 0.25) is 0 Å². The van der Waals surface area contributed by atoms with Gasteiger partial charge in [0.1, 0.15) is 0 Å². The standard InChI is InChI=1S/C9H12N6O2S/c1-11-18(16,17)7-4-2-6(3-5-7)12-9-13-8(10)14-15-9/h2-5,11H,1H3,(H4,10,12,13,14,15). The van der Waals surface area contributed by atoms with Gasteiger partial charge < -0.3 is 11.1 Å². The molecule has 0 aliphatic carbocycles. The molecule has 0 amide bonds. The van der Waals surface area contributed by atoms with Crippen molar-refractivity contribution in [1.82, 2.24) is 19.9 Å². The summed E-state index contributed by atoms with van der Waals surface area (Å²) in [5, 5.41) is 9.15. The number of benzene rings is 1. The van der Waals surface area contributed by atoms with Crippen LogP contribution in [0.15, 0.2) is 29.2 Å². The molecule has 0 saturated carbocycles. The van der Waals surface area contributed by atoms with Gasteiger partial charge in [0.15, 0.2) is 0 Å². The molecule has 0 bridgehead atoms. The Morgan fingerprint density at radius 3 is 2.44 bits per heavy atom. The lowest BCUT2D eigenvalue weighted by molar-refractivity contribution is 0.588. The van der Waals surface area contributed by atoms with Crippen molar-refractivity contribution in [1.29, 1.82) is 0 Å². The maximum atomic E-state index is 11.5. The highest BCUT2D eigenvalue weighted by Crippen LogP contribution is 2.16. The molecule has 9 heteroatoms. The second kappa shape index (κ2) is 4.63. The third-order valence-electron chi connectivity index (χ3n) is 2.19. The molecule has 18 heavy (non-hydrogen) atoms. The summed E-state index contributed by atoms with van der Waals surface area (Å²) in [6, 6.07) is 6.17. The van der Waals surface area contributed by atoms with Crippen LogP contribution in [0.4, 0.5) is 17.6 Å². The first-order chi connectivity index (χ1) is 8.51. The Labute approximate surface area is 104 Å². The molecule has 1 heterocycles. The number of anilines is 3. The summed E-state index contributed by atoms with van der Waals surface area (Å²) in [4.78, 5) is 4.05. The summed E-state index contributed by atoms with van der Waals surface area (Å²) in [7, 11) is -2.06. The minimum absolute atomic E-state index is 0.185. The van der Waals surface area contributed by atoms with E-state index >= 15 is 0 Å². The zero-order valence-electron chi connectivity index (χ0n) is 9.51. The van der Waals surface area contributed by atoms with Crippen molar-refractivity contribution in [3.05, 3.63) is 24.3 Å². The maximum absolute atomic E-state index is 11.5. The highest BCUT2D eigenvalue weighted by Gasteiger charge is 2.10. The van der Waals surface area contributed by atoms with E-state index in [1.807, 2.05) is 0 Å². The van der Waals surface area contributed by atoms with E-state index in [1.54, 1.807) is 12.1 Å². The summed E-state index contributed by atoms with van der Waals surface area (Å²) in [5.74, 6) is 0.517. The molecule has 5 N–H and O–H groups in total. The van der Waals surface area contributed by atoms with Gasteiger partial charge in [-0.1, -0.05) is 0 Å². The van der Waals surface area contributed by atoms with Crippen LogP contribution in [0.3, 0.4) is 0 Å². The van der Waals surface area contributed by atoms with E-state index in [1.165, 1.54) is 19.2 Å². The Hall–Kier alpha value is -2.13. The van der Waals surface area contributed by atoms with Gasteiger partial charge in [0.05, 0.1) is 4.90 Å². The number of nitrogen functional groups attached to an aromatic ring is 1. The number of hydrogen-bond acceptors (Lipinski definition) is 6. The number of aromatic nitrogens is 3. The van der Waals surface area contributed by atoms with Gasteiger partial charge in [-0.2, -0.15) is 4.98 Å². The molecule has 8 nitrogen and oxygen atoms in total. The molecule has 0 spiro atoms. The van der Waals surface area contributed by atoms with Crippen LogP contribution in [-0.2, 0) is 10.0 Å². The Morgan fingerprint density at radius 1 is 1.28 bits per heavy atom. The van der Waals surface area contributed by atoms with Gasteiger partial charge in [-0.05, 0) is 31.3 Å². The summed E-state index contributed by atoms with van der Waals surface area (Å²) in [6.45, 7) is 0. The summed E-state index contributed by atoms with van der Waals surface area (Å²) < 4.78 is 25.2. The van der Waals surface area contributed by atoms with Crippen LogP contribution in [-0.4, -0.2) is 30.6 Å². The molecule has 96 valence electrons. The van der Waals surface area contributed by atoms with Gasteiger partial charge in [0.25, 0.3) is 0 Å². The van der Waals surface area contributed by atoms with Crippen molar-refractivity contribution >= 4 is 27.6 Å². The molecule has 0 aliphatic rings. The minimum Gasteiger partial charge on any atom is -0.368 e. The van der Waals surface area contributed by atoms with E-state index in [0.29, 0.717) is 11.6 Å². The molecule has 1 aromatic carbocycles. The largest absolute Gasteiger partial charge is 0.368 e. The number of H-pyrrole nitrogens is 1. The van der Waals surface area contributed by atoms with E-state index in [2.05, 4.69) is 25.2 Å². The van der Waals surface area contributed by atoms with E-state index in [0.717, 1.165) is 0 Å². The maximum Gasteiger partial charge on any atom is 0.248 e. The number of nitrogens with zero attached hydrogens (tertiary/aromatic N) is 2. The van der Waals surface area contributed by atoms with E-state index in [4.69, 9.17) is 5.73 Å². The fourth-order valence-electron chi connectivity index (χ4n) is 1.29. The van der Waals surface area contributed by atoms with Crippen LogP contribution in [0, 0.1) is 0 Å². The lowest BCUT2D eigenvalue weighted by Crippen LogP contribution is -2.18. The molecular weight excluding hydrogens is 256 g/mol. The zero-order valence-corrected chi connectivity index (χ0v) is 10.3. The Balaban J connectivity index is 2.18. The van der Waals surface area contributed by atoms with Crippen LogP contribution in [0.1, 0.15) is 0 Å². The van der Waals surface area contributed by atoms with Crippen LogP contribution < -0.4 is 15.8 Å². The number of sulfonamides is 1. The lowest BCUT2D eigenvalue weighted by Gasteiger charge is -2.04. The van der Waals surface area contributed by atoms with Gasteiger partial charge in [-0.3, -0.25) is 0 Å². The Kier molecular flexibility index (Phi) is 3.17. The first-order valence-electron chi connectivity index (χ1n) is 5.00. The third-order valence-corrected chi connectivity index (χ3v) is 3.62. The lowest BCUT2D eigenvalue weighted by atomic mass is 10.3. The average Bonchev–Trinajstić information content (AvgIpc) is 2.75. The molecule has 0 aliphatic heterocycles.